The van der Waals surface area contributed by atoms with Crippen molar-refractivity contribution in [1.82, 2.24) is 4.90 Å². The topological polar surface area (TPSA) is 23.5 Å². The number of nitrogens with zero attached hydrogens (tertiary/aromatic N) is 1. The Bertz CT molecular complexity index is 251. The molecular formula is C15H27NO. The summed E-state index contributed by atoms with van der Waals surface area (Å²) < 4.78 is 0. The first-order valence-corrected chi connectivity index (χ1v) is 7.77. The van der Waals surface area contributed by atoms with E-state index in [0.717, 1.165) is 12.3 Å². The van der Waals surface area contributed by atoms with E-state index < -0.39 is 0 Å². The summed E-state index contributed by atoms with van der Waals surface area (Å²) in [7, 11) is 0. The molecule has 1 heterocycles. The highest BCUT2D eigenvalue weighted by Crippen LogP contribution is 2.37. The van der Waals surface area contributed by atoms with Gasteiger partial charge in [-0.05, 0) is 51.1 Å². The van der Waals surface area contributed by atoms with Crippen LogP contribution in [0.2, 0.25) is 0 Å². The number of hydrogen-bond acceptors (Lipinski definition) is 2. The van der Waals surface area contributed by atoms with Crippen LogP contribution in [-0.4, -0.2) is 35.2 Å². The van der Waals surface area contributed by atoms with Crippen LogP contribution in [0.4, 0.5) is 0 Å². The predicted octanol–water partition coefficient (Wildman–Crippen LogP) is 2.80. The molecule has 17 heavy (non-hydrogen) atoms. The number of hydrogen-bond donors (Lipinski definition) is 1. The molecule has 3 aliphatic rings. The van der Waals surface area contributed by atoms with Crippen molar-refractivity contribution < 1.29 is 5.11 Å². The molecule has 2 saturated carbocycles. The second-order valence-electron chi connectivity index (χ2n) is 6.49. The van der Waals surface area contributed by atoms with Gasteiger partial charge in [-0.3, -0.25) is 0 Å². The van der Waals surface area contributed by atoms with Crippen LogP contribution in [0.15, 0.2) is 0 Å². The molecule has 3 rings (SSSR count). The Kier molecular flexibility index (Phi) is 3.72. The summed E-state index contributed by atoms with van der Waals surface area (Å²) in [5.41, 5.74) is 0. The van der Waals surface area contributed by atoms with Gasteiger partial charge in [0.1, 0.15) is 0 Å². The smallest absolute Gasteiger partial charge is 0.0583 e. The van der Waals surface area contributed by atoms with Gasteiger partial charge in [0.25, 0.3) is 0 Å². The summed E-state index contributed by atoms with van der Waals surface area (Å²) in [6.45, 7) is 2.60. The van der Waals surface area contributed by atoms with Crippen molar-refractivity contribution in [1.29, 1.82) is 0 Å². The Morgan fingerprint density at radius 3 is 2.53 bits per heavy atom. The zero-order valence-corrected chi connectivity index (χ0v) is 11.0. The number of likely N-dealkylation sites (tertiary alicyclic amines) is 1. The first-order valence-electron chi connectivity index (χ1n) is 7.77. The molecule has 0 aromatic heterocycles. The SMILES string of the molecule is OC1CCCC1C1CCCCN1CCC1CC1. The average Bonchev–Trinajstić information content (AvgIpc) is 3.09. The van der Waals surface area contributed by atoms with Crippen molar-refractivity contribution in [2.24, 2.45) is 11.8 Å². The van der Waals surface area contributed by atoms with Crippen LogP contribution < -0.4 is 0 Å². The lowest BCUT2D eigenvalue weighted by molar-refractivity contribution is 0.0343. The molecule has 1 N–H and O–H groups in total. The molecule has 0 amide bonds. The van der Waals surface area contributed by atoms with E-state index in [9.17, 15) is 5.11 Å². The van der Waals surface area contributed by atoms with Gasteiger partial charge in [0, 0.05) is 12.0 Å². The number of rotatable bonds is 4. The molecule has 98 valence electrons. The maximum Gasteiger partial charge on any atom is 0.0583 e. The van der Waals surface area contributed by atoms with Gasteiger partial charge >= 0.3 is 0 Å². The van der Waals surface area contributed by atoms with Gasteiger partial charge in [-0.2, -0.15) is 0 Å². The fourth-order valence-electron chi connectivity index (χ4n) is 3.95. The molecule has 0 spiro atoms. The summed E-state index contributed by atoms with van der Waals surface area (Å²) >= 11 is 0. The largest absolute Gasteiger partial charge is 0.393 e. The second-order valence-corrected chi connectivity index (χ2v) is 6.49. The van der Waals surface area contributed by atoms with E-state index in [1.54, 1.807) is 0 Å². The Hall–Kier alpha value is -0.0800. The Morgan fingerprint density at radius 2 is 1.82 bits per heavy atom. The van der Waals surface area contributed by atoms with E-state index in [4.69, 9.17) is 0 Å². The number of aliphatic hydroxyl groups excluding tert-OH is 1. The van der Waals surface area contributed by atoms with E-state index in [1.807, 2.05) is 0 Å². The normalized spacial score (nSPS) is 39.7. The summed E-state index contributed by atoms with van der Waals surface area (Å²) in [4.78, 5) is 2.72. The summed E-state index contributed by atoms with van der Waals surface area (Å²) in [5, 5.41) is 10.1. The monoisotopic (exact) mass is 237 g/mol. The Balaban J connectivity index is 1.57. The number of piperidine rings is 1. The van der Waals surface area contributed by atoms with Crippen LogP contribution in [0.5, 0.6) is 0 Å². The van der Waals surface area contributed by atoms with Gasteiger partial charge in [0.05, 0.1) is 6.10 Å². The molecule has 0 radical (unpaired) electrons. The fourth-order valence-corrected chi connectivity index (χ4v) is 3.95. The van der Waals surface area contributed by atoms with Gasteiger partial charge in [-0.15, -0.1) is 0 Å². The third-order valence-corrected chi connectivity index (χ3v) is 5.21. The summed E-state index contributed by atoms with van der Waals surface area (Å²) in [5.74, 6) is 1.64. The molecule has 0 aromatic rings. The molecule has 3 unspecified atom stereocenters. The van der Waals surface area contributed by atoms with Gasteiger partial charge < -0.3 is 10.0 Å². The molecule has 1 aliphatic heterocycles. The predicted molar refractivity (Wildman–Crippen MR) is 69.9 cm³/mol. The number of aliphatic hydroxyl groups is 1. The molecule has 2 heteroatoms. The Labute approximate surface area is 105 Å². The van der Waals surface area contributed by atoms with E-state index >= 15 is 0 Å². The highest BCUT2D eigenvalue weighted by Gasteiger charge is 2.37. The Morgan fingerprint density at radius 1 is 0.941 bits per heavy atom. The van der Waals surface area contributed by atoms with E-state index in [2.05, 4.69) is 4.90 Å². The van der Waals surface area contributed by atoms with Crippen LogP contribution in [0.1, 0.15) is 57.8 Å². The summed E-state index contributed by atoms with van der Waals surface area (Å²) in [6, 6.07) is 0.708. The van der Waals surface area contributed by atoms with Crippen molar-refractivity contribution >= 4 is 0 Å². The van der Waals surface area contributed by atoms with Crippen LogP contribution in [0.3, 0.4) is 0 Å². The maximum absolute atomic E-state index is 10.1. The van der Waals surface area contributed by atoms with E-state index in [-0.39, 0.29) is 6.10 Å². The molecule has 1 saturated heterocycles. The van der Waals surface area contributed by atoms with Crippen molar-refractivity contribution in [3.05, 3.63) is 0 Å². The minimum atomic E-state index is 0.00141. The van der Waals surface area contributed by atoms with Gasteiger partial charge in [-0.1, -0.05) is 25.7 Å². The van der Waals surface area contributed by atoms with Crippen LogP contribution >= 0.6 is 0 Å². The zero-order valence-electron chi connectivity index (χ0n) is 11.0. The van der Waals surface area contributed by atoms with E-state index in [1.165, 1.54) is 64.5 Å². The molecular weight excluding hydrogens is 210 g/mol. The van der Waals surface area contributed by atoms with Gasteiger partial charge in [0.2, 0.25) is 0 Å². The standard InChI is InChI=1S/C15H27NO/c17-15-6-3-4-13(15)14-5-1-2-10-16(14)11-9-12-7-8-12/h12-15,17H,1-11H2. The van der Waals surface area contributed by atoms with Crippen LogP contribution in [0, 0.1) is 11.8 Å². The van der Waals surface area contributed by atoms with Crippen LogP contribution in [0.25, 0.3) is 0 Å². The van der Waals surface area contributed by atoms with Crippen molar-refractivity contribution in [3.63, 3.8) is 0 Å². The lowest BCUT2D eigenvalue weighted by Gasteiger charge is -2.40. The first kappa shape index (κ1) is 12.0. The summed E-state index contributed by atoms with van der Waals surface area (Å²) in [6.07, 6.45) is 12.0. The zero-order chi connectivity index (χ0) is 11.7. The molecule has 3 atom stereocenters. The third kappa shape index (κ3) is 2.85. The highest BCUT2D eigenvalue weighted by atomic mass is 16.3. The molecule has 0 bridgehead atoms. The molecule has 2 nitrogen and oxygen atoms in total. The highest BCUT2D eigenvalue weighted by molar-refractivity contribution is 4.90. The van der Waals surface area contributed by atoms with Gasteiger partial charge in [-0.25, -0.2) is 0 Å². The minimum absolute atomic E-state index is 0.00141. The van der Waals surface area contributed by atoms with Crippen molar-refractivity contribution in [2.45, 2.75) is 69.9 Å². The van der Waals surface area contributed by atoms with Crippen molar-refractivity contribution in [3.8, 4) is 0 Å². The second kappa shape index (κ2) is 5.27. The third-order valence-electron chi connectivity index (χ3n) is 5.21. The fraction of sp³-hybridized carbons (Fsp3) is 1.00. The molecule has 3 fully saturated rings. The lowest BCUT2D eigenvalue weighted by atomic mass is 9.87. The lowest BCUT2D eigenvalue weighted by Crippen LogP contribution is -2.46. The molecule has 2 aliphatic carbocycles. The quantitative estimate of drug-likeness (QED) is 0.812. The van der Waals surface area contributed by atoms with Crippen LogP contribution in [-0.2, 0) is 0 Å². The van der Waals surface area contributed by atoms with E-state index in [0.29, 0.717) is 12.0 Å². The van der Waals surface area contributed by atoms with Crippen molar-refractivity contribution in [2.75, 3.05) is 13.1 Å². The van der Waals surface area contributed by atoms with Gasteiger partial charge in [0.15, 0.2) is 0 Å². The first-order chi connectivity index (χ1) is 8.34. The minimum Gasteiger partial charge on any atom is -0.393 e. The maximum atomic E-state index is 10.1. The molecule has 0 aromatic carbocycles. The average molecular weight is 237 g/mol.